The Hall–Kier alpha value is -3.53. The molecule has 0 amide bonds. The lowest BCUT2D eigenvalue weighted by atomic mass is 9.99. The van der Waals surface area contributed by atoms with Gasteiger partial charge in [-0.05, 0) is 48.5 Å². The van der Waals surface area contributed by atoms with Gasteiger partial charge in [-0.1, -0.05) is 52.0 Å². The molecule has 0 saturated heterocycles. The van der Waals surface area contributed by atoms with Crippen molar-refractivity contribution < 1.29 is 9.53 Å². The predicted molar refractivity (Wildman–Crippen MR) is 124 cm³/mol. The van der Waals surface area contributed by atoms with Gasteiger partial charge in [0, 0.05) is 22.7 Å². The monoisotopic (exact) mass is 400 g/mol. The maximum atomic E-state index is 13.0. The number of hydrogen-bond donors (Lipinski definition) is 0. The minimum Gasteiger partial charge on any atom is -0.497 e. The van der Waals surface area contributed by atoms with E-state index >= 15 is 0 Å². The van der Waals surface area contributed by atoms with Crippen LogP contribution in [-0.2, 0) is 0 Å². The fourth-order valence-corrected chi connectivity index (χ4v) is 2.91. The van der Waals surface area contributed by atoms with Crippen molar-refractivity contribution in [2.75, 3.05) is 7.11 Å². The summed E-state index contributed by atoms with van der Waals surface area (Å²) in [5.74, 6) is 0.665. The summed E-state index contributed by atoms with van der Waals surface area (Å²) in [6.07, 6.45) is 1.63. The Balaban J connectivity index is 0.000000757. The first-order valence-electron chi connectivity index (χ1n) is 10.3. The molecule has 0 radical (unpaired) electrons. The van der Waals surface area contributed by atoms with Crippen LogP contribution in [0.1, 0.15) is 43.7 Å². The number of para-hydroxylation sites is 1. The normalized spacial score (nSPS) is 9.63. The van der Waals surface area contributed by atoms with E-state index in [0.717, 1.165) is 27.9 Å². The number of carbonyl (C=O) groups excluding carboxylic acids is 1. The van der Waals surface area contributed by atoms with Crippen LogP contribution >= 0.6 is 0 Å². The van der Waals surface area contributed by atoms with Gasteiger partial charge < -0.3 is 4.74 Å². The molecule has 0 spiro atoms. The van der Waals surface area contributed by atoms with E-state index in [1.54, 1.807) is 25.4 Å². The molecule has 0 aliphatic heterocycles. The van der Waals surface area contributed by atoms with Crippen molar-refractivity contribution in [3.05, 3.63) is 90.3 Å². The van der Waals surface area contributed by atoms with Crippen molar-refractivity contribution in [1.29, 1.82) is 0 Å². The highest BCUT2D eigenvalue weighted by Gasteiger charge is 2.16. The molecule has 2 aromatic heterocycles. The van der Waals surface area contributed by atoms with E-state index in [4.69, 9.17) is 9.72 Å². The molecule has 0 saturated carbocycles. The predicted octanol–water partition coefficient (Wildman–Crippen LogP) is 6.59. The summed E-state index contributed by atoms with van der Waals surface area (Å²) in [4.78, 5) is 22.0. The summed E-state index contributed by atoms with van der Waals surface area (Å²) < 4.78 is 5.21. The molecule has 4 nitrogen and oxygen atoms in total. The Bertz CT molecular complexity index is 1080. The van der Waals surface area contributed by atoms with Crippen molar-refractivity contribution in [3.8, 4) is 17.0 Å². The quantitative estimate of drug-likeness (QED) is 0.363. The Morgan fingerprint density at radius 1 is 0.833 bits per heavy atom. The van der Waals surface area contributed by atoms with Crippen molar-refractivity contribution in [3.63, 3.8) is 0 Å². The molecule has 2 heterocycles. The van der Waals surface area contributed by atoms with E-state index < -0.39 is 0 Å². The van der Waals surface area contributed by atoms with E-state index in [1.807, 2.05) is 88.4 Å². The van der Waals surface area contributed by atoms with Gasteiger partial charge in [0.05, 0.1) is 18.3 Å². The fraction of sp³-hybridized carbons (Fsp3) is 0.192. The van der Waals surface area contributed by atoms with Crippen molar-refractivity contribution >= 4 is 16.7 Å². The molecule has 0 bridgehead atoms. The molecule has 0 unspecified atom stereocenters. The number of fused-ring (bicyclic) bond motifs is 1. The van der Waals surface area contributed by atoms with Gasteiger partial charge in [0.2, 0.25) is 5.78 Å². The lowest BCUT2D eigenvalue weighted by molar-refractivity contribution is 0.103. The molecule has 4 heteroatoms. The zero-order valence-corrected chi connectivity index (χ0v) is 18.2. The molecule has 0 fully saturated rings. The van der Waals surface area contributed by atoms with E-state index in [0.29, 0.717) is 11.3 Å². The van der Waals surface area contributed by atoms with Crippen LogP contribution in [0.3, 0.4) is 0 Å². The second-order valence-corrected chi connectivity index (χ2v) is 5.84. The standard InChI is InChI=1S/C22H16N2O2.2C2H6/c1-26-16-11-9-15(10-12-16)21-14-18(17-6-2-3-7-19(17)24-21)22(25)20-8-4-5-13-23-20;2*1-2/h2-14H,1H3;2*1-2H3. The zero-order valence-electron chi connectivity index (χ0n) is 18.2. The maximum Gasteiger partial charge on any atom is 0.212 e. The minimum absolute atomic E-state index is 0.112. The Kier molecular flexibility index (Phi) is 8.70. The SMILES string of the molecule is CC.CC.COc1ccc(-c2cc(C(=O)c3ccccn3)c3ccccc3n2)cc1. The fourth-order valence-electron chi connectivity index (χ4n) is 2.91. The molecule has 0 atom stereocenters. The number of aromatic nitrogens is 2. The number of nitrogens with zero attached hydrogens (tertiary/aromatic N) is 2. The highest BCUT2D eigenvalue weighted by Crippen LogP contribution is 2.27. The molecule has 2 aromatic carbocycles. The number of ether oxygens (including phenoxy) is 1. The van der Waals surface area contributed by atoms with Crippen molar-refractivity contribution in [1.82, 2.24) is 9.97 Å². The van der Waals surface area contributed by atoms with Gasteiger partial charge in [-0.2, -0.15) is 0 Å². The highest BCUT2D eigenvalue weighted by molar-refractivity contribution is 6.15. The number of methoxy groups -OCH3 is 1. The molecule has 4 rings (SSSR count). The molecule has 0 N–H and O–H groups in total. The number of benzene rings is 2. The molecule has 0 aliphatic carbocycles. The largest absolute Gasteiger partial charge is 0.497 e. The summed E-state index contributed by atoms with van der Waals surface area (Å²) in [6.45, 7) is 8.00. The van der Waals surface area contributed by atoms with Crippen LogP contribution in [0.2, 0.25) is 0 Å². The third-order valence-electron chi connectivity index (χ3n) is 4.24. The lowest BCUT2D eigenvalue weighted by Gasteiger charge is -2.09. The molecule has 30 heavy (non-hydrogen) atoms. The minimum atomic E-state index is -0.112. The Labute approximate surface area is 178 Å². The van der Waals surface area contributed by atoms with Gasteiger partial charge in [-0.25, -0.2) is 4.98 Å². The van der Waals surface area contributed by atoms with Crippen molar-refractivity contribution in [2.24, 2.45) is 0 Å². The number of hydrogen-bond acceptors (Lipinski definition) is 4. The van der Waals surface area contributed by atoms with Crippen molar-refractivity contribution in [2.45, 2.75) is 27.7 Å². The van der Waals surface area contributed by atoms with Gasteiger partial charge >= 0.3 is 0 Å². The number of carbonyl (C=O) groups is 1. The van der Waals surface area contributed by atoms with Gasteiger partial charge in [-0.3, -0.25) is 9.78 Å². The third kappa shape index (κ3) is 5.09. The molecule has 0 aliphatic rings. The molecule has 4 aromatic rings. The third-order valence-corrected chi connectivity index (χ3v) is 4.24. The first-order valence-corrected chi connectivity index (χ1v) is 10.3. The van der Waals surface area contributed by atoms with E-state index in [9.17, 15) is 4.79 Å². The van der Waals surface area contributed by atoms with Crippen LogP contribution in [0.25, 0.3) is 22.2 Å². The van der Waals surface area contributed by atoms with Crippen LogP contribution in [0.15, 0.2) is 79.0 Å². The number of ketones is 1. The summed E-state index contributed by atoms with van der Waals surface area (Å²) in [5, 5.41) is 0.820. The van der Waals surface area contributed by atoms with Crippen LogP contribution < -0.4 is 4.74 Å². The average Bonchev–Trinajstić information content (AvgIpc) is 2.86. The van der Waals surface area contributed by atoms with E-state index in [1.165, 1.54) is 0 Å². The Morgan fingerprint density at radius 3 is 2.13 bits per heavy atom. The highest BCUT2D eigenvalue weighted by atomic mass is 16.5. The van der Waals surface area contributed by atoms with Gasteiger partial charge in [0.15, 0.2) is 0 Å². The first-order chi connectivity index (χ1) is 14.8. The second-order valence-electron chi connectivity index (χ2n) is 5.84. The molecule has 154 valence electrons. The van der Waals surface area contributed by atoms with E-state index in [-0.39, 0.29) is 5.78 Å². The zero-order chi connectivity index (χ0) is 21.9. The summed E-state index contributed by atoms with van der Waals surface area (Å²) >= 11 is 0. The maximum absolute atomic E-state index is 13.0. The lowest BCUT2D eigenvalue weighted by Crippen LogP contribution is -2.05. The van der Waals surface area contributed by atoms with Gasteiger partial charge in [0.25, 0.3) is 0 Å². The van der Waals surface area contributed by atoms with Crippen LogP contribution in [-0.4, -0.2) is 22.9 Å². The van der Waals surface area contributed by atoms with Crippen LogP contribution in [0.5, 0.6) is 5.75 Å². The van der Waals surface area contributed by atoms with Gasteiger partial charge in [-0.15, -0.1) is 0 Å². The second kappa shape index (κ2) is 11.5. The van der Waals surface area contributed by atoms with E-state index in [2.05, 4.69) is 4.98 Å². The summed E-state index contributed by atoms with van der Waals surface area (Å²) in [6, 6.07) is 22.5. The van der Waals surface area contributed by atoms with Crippen LogP contribution in [0.4, 0.5) is 0 Å². The Morgan fingerprint density at radius 2 is 1.50 bits per heavy atom. The first kappa shape index (κ1) is 22.8. The average molecular weight is 401 g/mol. The number of rotatable bonds is 4. The summed E-state index contributed by atoms with van der Waals surface area (Å²) in [5.41, 5.74) is 3.46. The summed E-state index contributed by atoms with van der Waals surface area (Å²) in [7, 11) is 1.63. The topological polar surface area (TPSA) is 52.1 Å². The number of pyridine rings is 2. The van der Waals surface area contributed by atoms with Crippen LogP contribution in [0, 0.1) is 0 Å². The molecular formula is C26H28N2O2. The smallest absolute Gasteiger partial charge is 0.212 e. The van der Waals surface area contributed by atoms with Gasteiger partial charge in [0.1, 0.15) is 11.4 Å². The molecular weight excluding hydrogens is 372 g/mol.